The summed E-state index contributed by atoms with van der Waals surface area (Å²) in [6.07, 6.45) is 4.79. The molecule has 0 radical (unpaired) electrons. The van der Waals surface area contributed by atoms with Gasteiger partial charge in [0.2, 0.25) is 0 Å². The molecule has 0 aromatic heterocycles. The monoisotopic (exact) mass is 216 g/mol. The van der Waals surface area contributed by atoms with E-state index in [0.717, 1.165) is 32.1 Å². The molecular weight excluding hydrogens is 188 g/mol. The summed E-state index contributed by atoms with van der Waals surface area (Å²) in [6.45, 7) is 8.02. The molecule has 15 heavy (non-hydrogen) atoms. The second-order valence-electron chi connectivity index (χ2n) is 4.81. The lowest BCUT2D eigenvalue weighted by molar-refractivity contribution is 0.0595. The van der Waals surface area contributed by atoms with Crippen LogP contribution in [0.3, 0.4) is 0 Å². The lowest BCUT2D eigenvalue weighted by atomic mass is 9.83. The van der Waals surface area contributed by atoms with Crippen LogP contribution < -0.4 is 0 Å². The summed E-state index contributed by atoms with van der Waals surface area (Å²) in [5, 5.41) is 19.3. The standard InChI is InChI=1S/C13H28O2/c1-5-7-12(10(3)14)9-13(8-6-2)11(4)15/h10-15H,5-9H2,1-4H3. The van der Waals surface area contributed by atoms with Crippen LogP contribution in [-0.4, -0.2) is 22.4 Å². The van der Waals surface area contributed by atoms with Crippen molar-refractivity contribution >= 4 is 0 Å². The molecule has 0 fully saturated rings. The summed E-state index contributed by atoms with van der Waals surface area (Å²) in [6, 6.07) is 0. The smallest absolute Gasteiger partial charge is 0.0540 e. The third kappa shape index (κ3) is 6.16. The van der Waals surface area contributed by atoms with Gasteiger partial charge < -0.3 is 10.2 Å². The second kappa shape index (κ2) is 8.12. The highest BCUT2D eigenvalue weighted by Crippen LogP contribution is 2.26. The minimum Gasteiger partial charge on any atom is -0.393 e. The molecular formula is C13H28O2. The van der Waals surface area contributed by atoms with E-state index in [0.29, 0.717) is 11.8 Å². The van der Waals surface area contributed by atoms with Gasteiger partial charge >= 0.3 is 0 Å². The zero-order valence-electron chi connectivity index (χ0n) is 10.7. The van der Waals surface area contributed by atoms with Gasteiger partial charge in [-0.1, -0.05) is 26.7 Å². The van der Waals surface area contributed by atoms with Crippen LogP contribution in [0, 0.1) is 11.8 Å². The molecule has 4 atom stereocenters. The third-order valence-electron chi connectivity index (χ3n) is 3.29. The number of hydrogen-bond donors (Lipinski definition) is 2. The third-order valence-corrected chi connectivity index (χ3v) is 3.29. The lowest BCUT2D eigenvalue weighted by Crippen LogP contribution is -2.25. The molecule has 0 aliphatic rings. The summed E-state index contributed by atoms with van der Waals surface area (Å²) in [5.74, 6) is 0.697. The van der Waals surface area contributed by atoms with Crippen LogP contribution in [0.1, 0.15) is 59.8 Å². The predicted octanol–water partition coefficient (Wildman–Crippen LogP) is 2.97. The van der Waals surface area contributed by atoms with E-state index in [1.54, 1.807) is 0 Å². The van der Waals surface area contributed by atoms with E-state index in [-0.39, 0.29) is 12.2 Å². The van der Waals surface area contributed by atoms with Crippen LogP contribution in [0.2, 0.25) is 0 Å². The van der Waals surface area contributed by atoms with E-state index >= 15 is 0 Å². The minimum atomic E-state index is -0.247. The fraction of sp³-hybridized carbons (Fsp3) is 1.00. The maximum Gasteiger partial charge on any atom is 0.0540 e. The summed E-state index contributed by atoms with van der Waals surface area (Å²) in [7, 11) is 0. The van der Waals surface area contributed by atoms with E-state index in [1.807, 2.05) is 13.8 Å². The molecule has 0 aliphatic heterocycles. The van der Waals surface area contributed by atoms with Crippen LogP contribution in [-0.2, 0) is 0 Å². The Morgan fingerprint density at radius 3 is 1.33 bits per heavy atom. The number of rotatable bonds is 8. The van der Waals surface area contributed by atoms with Gasteiger partial charge in [0.15, 0.2) is 0 Å². The van der Waals surface area contributed by atoms with Crippen molar-refractivity contribution < 1.29 is 10.2 Å². The van der Waals surface area contributed by atoms with Crippen molar-refractivity contribution in [2.24, 2.45) is 11.8 Å². The molecule has 0 spiro atoms. The number of aliphatic hydroxyl groups excluding tert-OH is 2. The normalized spacial score (nSPS) is 19.6. The minimum absolute atomic E-state index is 0.247. The molecule has 0 saturated carbocycles. The molecule has 4 unspecified atom stereocenters. The molecule has 0 heterocycles. The van der Waals surface area contributed by atoms with E-state index in [4.69, 9.17) is 0 Å². The maximum absolute atomic E-state index is 9.66. The van der Waals surface area contributed by atoms with E-state index < -0.39 is 0 Å². The molecule has 2 nitrogen and oxygen atoms in total. The molecule has 0 aromatic rings. The average molecular weight is 216 g/mol. The van der Waals surface area contributed by atoms with Crippen molar-refractivity contribution in [3.8, 4) is 0 Å². The Labute approximate surface area is 94.7 Å². The molecule has 92 valence electrons. The van der Waals surface area contributed by atoms with E-state index in [1.165, 1.54) is 0 Å². The first kappa shape index (κ1) is 14.9. The van der Waals surface area contributed by atoms with E-state index in [9.17, 15) is 10.2 Å². The first-order valence-electron chi connectivity index (χ1n) is 6.38. The van der Waals surface area contributed by atoms with Crippen LogP contribution in [0.5, 0.6) is 0 Å². The lowest BCUT2D eigenvalue weighted by Gasteiger charge is -2.27. The topological polar surface area (TPSA) is 40.5 Å². The quantitative estimate of drug-likeness (QED) is 0.655. The highest BCUT2D eigenvalue weighted by Gasteiger charge is 2.22. The van der Waals surface area contributed by atoms with Crippen LogP contribution in [0.15, 0.2) is 0 Å². The zero-order chi connectivity index (χ0) is 11.8. The largest absolute Gasteiger partial charge is 0.393 e. The molecule has 0 aliphatic carbocycles. The van der Waals surface area contributed by atoms with Crippen molar-refractivity contribution in [3.05, 3.63) is 0 Å². The van der Waals surface area contributed by atoms with Gasteiger partial charge in [-0.3, -0.25) is 0 Å². The molecule has 0 bridgehead atoms. The maximum atomic E-state index is 9.66. The van der Waals surface area contributed by atoms with Gasteiger partial charge in [-0.05, 0) is 44.9 Å². The predicted molar refractivity (Wildman–Crippen MR) is 64.8 cm³/mol. The molecule has 2 N–H and O–H groups in total. The summed E-state index contributed by atoms with van der Waals surface area (Å²) in [5.41, 5.74) is 0. The van der Waals surface area contributed by atoms with Gasteiger partial charge in [-0.15, -0.1) is 0 Å². The second-order valence-corrected chi connectivity index (χ2v) is 4.81. The summed E-state index contributed by atoms with van der Waals surface area (Å²) >= 11 is 0. The number of hydrogen-bond acceptors (Lipinski definition) is 2. The molecule has 0 saturated heterocycles. The summed E-state index contributed by atoms with van der Waals surface area (Å²) < 4.78 is 0. The van der Waals surface area contributed by atoms with Gasteiger partial charge in [0.25, 0.3) is 0 Å². The Kier molecular flexibility index (Phi) is 8.07. The average Bonchev–Trinajstić information content (AvgIpc) is 2.15. The Hall–Kier alpha value is -0.0800. The van der Waals surface area contributed by atoms with Crippen LogP contribution >= 0.6 is 0 Å². The van der Waals surface area contributed by atoms with Crippen molar-refractivity contribution in [1.29, 1.82) is 0 Å². The van der Waals surface area contributed by atoms with Crippen molar-refractivity contribution in [2.75, 3.05) is 0 Å². The van der Waals surface area contributed by atoms with Crippen molar-refractivity contribution in [2.45, 2.75) is 72.0 Å². The SMILES string of the molecule is CCCC(CC(CCC)C(C)O)C(C)O. The van der Waals surface area contributed by atoms with Crippen LogP contribution in [0.4, 0.5) is 0 Å². The van der Waals surface area contributed by atoms with Gasteiger partial charge in [0.1, 0.15) is 0 Å². The molecule has 0 aromatic carbocycles. The van der Waals surface area contributed by atoms with Gasteiger partial charge in [0.05, 0.1) is 12.2 Å². The van der Waals surface area contributed by atoms with Crippen molar-refractivity contribution in [1.82, 2.24) is 0 Å². The Balaban J connectivity index is 4.19. The summed E-state index contributed by atoms with van der Waals surface area (Å²) in [4.78, 5) is 0. The van der Waals surface area contributed by atoms with Crippen LogP contribution in [0.25, 0.3) is 0 Å². The van der Waals surface area contributed by atoms with Gasteiger partial charge in [-0.25, -0.2) is 0 Å². The Morgan fingerprint density at radius 1 is 0.800 bits per heavy atom. The Bertz CT molecular complexity index is 127. The highest BCUT2D eigenvalue weighted by molar-refractivity contribution is 4.73. The van der Waals surface area contributed by atoms with E-state index in [2.05, 4.69) is 13.8 Å². The molecule has 2 heteroatoms. The first-order chi connectivity index (χ1) is 7.02. The number of aliphatic hydroxyl groups is 2. The molecule has 0 rings (SSSR count). The fourth-order valence-corrected chi connectivity index (χ4v) is 2.24. The zero-order valence-corrected chi connectivity index (χ0v) is 10.7. The molecule has 0 amide bonds. The Morgan fingerprint density at radius 2 is 1.13 bits per heavy atom. The van der Waals surface area contributed by atoms with Gasteiger partial charge in [-0.2, -0.15) is 0 Å². The van der Waals surface area contributed by atoms with Crippen molar-refractivity contribution in [3.63, 3.8) is 0 Å². The fourth-order valence-electron chi connectivity index (χ4n) is 2.24. The highest BCUT2D eigenvalue weighted by atomic mass is 16.3. The van der Waals surface area contributed by atoms with Gasteiger partial charge in [0, 0.05) is 0 Å². The first-order valence-corrected chi connectivity index (χ1v) is 6.38.